The van der Waals surface area contributed by atoms with E-state index >= 15 is 0 Å². The molecule has 1 saturated heterocycles. The van der Waals surface area contributed by atoms with Crippen molar-refractivity contribution in [2.24, 2.45) is 7.05 Å². The van der Waals surface area contributed by atoms with Gasteiger partial charge in [0.1, 0.15) is 17.7 Å². The van der Waals surface area contributed by atoms with Crippen molar-refractivity contribution in [3.63, 3.8) is 0 Å². The Morgan fingerprint density at radius 3 is 2.74 bits per heavy atom. The van der Waals surface area contributed by atoms with E-state index in [1.807, 2.05) is 24.7 Å². The Morgan fingerprint density at radius 1 is 1.17 bits per heavy atom. The Morgan fingerprint density at radius 2 is 2.00 bits per heavy atom. The van der Waals surface area contributed by atoms with Gasteiger partial charge in [-0.25, -0.2) is 19.9 Å². The average Bonchev–Trinajstić information content (AvgIpc) is 3.01. The highest BCUT2D eigenvalue weighted by atomic mass is 15.2. The van der Waals surface area contributed by atoms with Crippen molar-refractivity contribution in [1.29, 1.82) is 0 Å². The van der Waals surface area contributed by atoms with Crippen LogP contribution in [0.4, 0.5) is 11.6 Å². The molecule has 0 bridgehead atoms. The summed E-state index contributed by atoms with van der Waals surface area (Å²) in [7, 11) is 2.06. The van der Waals surface area contributed by atoms with Crippen LogP contribution in [0, 0.1) is 0 Å². The van der Waals surface area contributed by atoms with Gasteiger partial charge in [-0.05, 0) is 25.0 Å². The van der Waals surface area contributed by atoms with Crippen LogP contribution >= 0.6 is 0 Å². The summed E-state index contributed by atoms with van der Waals surface area (Å²) >= 11 is 0. The van der Waals surface area contributed by atoms with Gasteiger partial charge in [-0.3, -0.25) is 0 Å². The Kier molecular flexibility index (Phi) is 3.33. The fourth-order valence-electron chi connectivity index (χ4n) is 3.29. The maximum Gasteiger partial charge on any atom is 0.153 e. The van der Waals surface area contributed by atoms with Crippen molar-refractivity contribution >= 4 is 22.7 Å². The van der Waals surface area contributed by atoms with Crippen molar-refractivity contribution in [3.8, 4) is 0 Å². The number of piperidine rings is 1. The number of pyridine rings is 1. The first-order valence-corrected chi connectivity index (χ1v) is 7.81. The molecule has 23 heavy (non-hydrogen) atoms. The smallest absolute Gasteiger partial charge is 0.153 e. The third kappa shape index (κ3) is 2.48. The van der Waals surface area contributed by atoms with Crippen LogP contribution < -0.4 is 10.6 Å². The van der Waals surface area contributed by atoms with E-state index in [4.69, 9.17) is 5.73 Å². The van der Waals surface area contributed by atoms with E-state index in [-0.39, 0.29) is 0 Å². The zero-order valence-corrected chi connectivity index (χ0v) is 13.1. The Balaban J connectivity index is 1.54. The van der Waals surface area contributed by atoms with Gasteiger partial charge in [0.15, 0.2) is 5.82 Å². The Hall–Kier alpha value is -2.70. The lowest BCUT2D eigenvalue weighted by atomic mass is 9.94. The van der Waals surface area contributed by atoms with Gasteiger partial charge in [-0.15, -0.1) is 0 Å². The maximum absolute atomic E-state index is 5.92. The minimum Gasteiger partial charge on any atom is -0.382 e. The number of fused-ring (bicyclic) bond motifs is 1. The topological polar surface area (TPSA) is 85.8 Å². The van der Waals surface area contributed by atoms with E-state index in [1.165, 1.54) is 12.0 Å². The molecule has 0 atom stereocenters. The molecule has 2 N–H and O–H groups in total. The zero-order valence-electron chi connectivity index (χ0n) is 13.1. The van der Waals surface area contributed by atoms with Crippen molar-refractivity contribution in [3.05, 3.63) is 36.7 Å². The molecule has 7 heteroatoms. The van der Waals surface area contributed by atoms with Gasteiger partial charge in [0, 0.05) is 37.9 Å². The second-order valence-electron chi connectivity index (χ2n) is 5.99. The van der Waals surface area contributed by atoms with E-state index in [0.29, 0.717) is 17.3 Å². The molecule has 4 heterocycles. The molecule has 0 aromatic carbocycles. The minimum atomic E-state index is 0.432. The highest BCUT2D eigenvalue weighted by Gasteiger charge is 2.23. The first-order chi connectivity index (χ1) is 11.2. The van der Waals surface area contributed by atoms with Crippen molar-refractivity contribution in [1.82, 2.24) is 24.5 Å². The first-order valence-electron chi connectivity index (χ1n) is 7.81. The fraction of sp³-hybridized carbons (Fsp3) is 0.375. The first kappa shape index (κ1) is 13.9. The average molecular weight is 309 g/mol. The summed E-state index contributed by atoms with van der Waals surface area (Å²) in [6.45, 7) is 1.95. The molecule has 3 aromatic rings. The second-order valence-corrected chi connectivity index (χ2v) is 5.99. The molecule has 1 aliphatic heterocycles. The molecule has 0 saturated carbocycles. The number of nitrogen functional groups attached to an aromatic ring is 1. The zero-order chi connectivity index (χ0) is 15.8. The summed E-state index contributed by atoms with van der Waals surface area (Å²) < 4.78 is 2.12. The van der Waals surface area contributed by atoms with Gasteiger partial charge in [0.25, 0.3) is 0 Å². The predicted molar refractivity (Wildman–Crippen MR) is 89.1 cm³/mol. The molecule has 1 aliphatic rings. The number of hydrogen-bond donors (Lipinski definition) is 1. The lowest BCUT2D eigenvalue weighted by Gasteiger charge is -2.33. The van der Waals surface area contributed by atoms with Crippen LogP contribution in [0.5, 0.6) is 0 Å². The number of aromatic nitrogens is 5. The van der Waals surface area contributed by atoms with Gasteiger partial charge < -0.3 is 15.2 Å². The highest BCUT2D eigenvalue weighted by Crippen LogP contribution is 2.30. The normalized spacial score (nSPS) is 16.1. The van der Waals surface area contributed by atoms with Crippen LogP contribution in [0.1, 0.15) is 24.5 Å². The van der Waals surface area contributed by atoms with Crippen molar-refractivity contribution in [2.45, 2.75) is 18.8 Å². The largest absolute Gasteiger partial charge is 0.382 e. The van der Waals surface area contributed by atoms with E-state index in [0.717, 1.165) is 37.3 Å². The molecule has 118 valence electrons. The quantitative estimate of drug-likeness (QED) is 0.776. The summed E-state index contributed by atoms with van der Waals surface area (Å²) in [6.07, 6.45) is 7.51. The molecule has 3 aromatic heterocycles. The maximum atomic E-state index is 5.92. The Bertz CT molecular complexity index is 833. The van der Waals surface area contributed by atoms with Gasteiger partial charge >= 0.3 is 0 Å². The number of imidazole rings is 1. The third-order valence-electron chi connectivity index (χ3n) is 4.59. The van der Waals surface area contributed by atoms with Crippen LogP contribution in [0.3, 0.4) is 0 Å². The van der Waals surface area contributed by atoms with E-state index in [9.17, 15) is 0 Å². The molecular weight excluding hydrogens is 290 g/mol. The number of nitrogens with two attached hydrogens (primary N) is 1. The predicted octanol–water partition coefficient (Wildman–Crippen LogP) is 1.72. The molecule has 1 fully saturated rings. The fourth-order valence-corrected chi connectivity index (χ4v) is 3.29. The number of anilines is 2. The van der Waals surface area contributed by atoms with Gasteiger partial charge in [-0.2, -0.15) is 0 Å². The molecule has 4 rings (SSSR count). The van der Waals surface area contributed by atoms with Gasteiger partial charge in [-0.1, -0.05) is 0 Å². The van der Waals surface area contributed by atoms with Crippen molar-refractivity contribution in [2.75, 3.05) is 23.7 Å². The molecule has 0 radical (unpaired) electrons. The standard InChI is InChI=1S/C16H19N7/c1-22-10-18-8-13(22)11-4-6-23(7-5-11)14-3-2-12-15(21-14)16(17)20-9-19-12/h2-3,8-11H,4-7H2,1H3,(H2,17,19,20). The number of nitrogens with zero attached hydrogens (tertiary/aromatic N) is 6. The molecule has 0 aliphatic carbocycles. The van der Waals surface area contributed by atoms with Crippen LogP contribution in [0.15, 0.2) is 31.0 Å². The summed E-state index contributed by atoms with van der Waals surface area (Å²) in [6, 6.07) is 3.97. The third-order valence-corrected chi connectivity index (χ3v) is 4.59. The molecule has 0 unspecified atom stereocenters. The van der Waals surface area contributed by atoms with Crippen LogP contribution in [-0.4, -0.2) is 37.6 Å². The lowest BCUT2D eigenvalue weighted by Crippen LogP contribution is -2.33. The summed E-state index contributed by atoms with van der Waals surface area (Å²) in [5, 5.41) is 0. The number of aryl methyl sites for hydroxylation is 1. The molecule has 0 amide bonds. The highest BCUT2D eigenvalue weighted by molar-refractivity contribution is 5.84. The summed E-state index contributed by atoms with van der Waals surface area (Å²) in [4.78, 5) is 19.4. The van der Waals surface area contributed by atoms with Crippen molar-refractivity contribution < 1.29 is 0 Å². The SMILES string of the molecule is Cn1cncc1C1CCN(c2ccc3ncnc(N)c3n2)CC1. The lowest BCUT2D eigenvalue weighted by molar-refractivity contribution is 0.483. The van der Waals surface area contributed by atoms with Crippen LogP contribution in [0.25, 0.3) is 11.0 Å². The number of rotatable bonds is 2. The molecular formula is C16H19N7. The summed E-state index contributed by atoms with van der Waals surface area (Å²) in [5.74, 6) is 1.94. The number of hydrogen-bond acceptors (Lipinski definition) is 6. The van der Waals surface area contributed by atoms with E-state index < -0.39 is 0 Å². The minimum absolute atomic E-state index is 0.432. The Labute approximate surface area is 134 Å². The van der Waals surface area contributed by atoms with Gasteiger partial charge in [0.05, 0.1) is 11.8 Å². The van der Waals surface area contributed by atoms with Gasteiger partial charge in [0.2, 0.25) is 0 Å². The summed E-state index contributed by atoms with van der Waals surface area (Å²) in [5.41, 5.74) is 8.69. The van der Waals surface area contributed by atoms with E-state index in [2.05, 4.69) is 36.5 Å². The molecule has 7 nitrogen and oxygen atoms in total. The second kappa shape index (κ2) is 5.49. The van der Waals surface area contributed by atoms with Crippen LogP contribution in [-0.2, 0) is 7.05 Å². The van der Waals surface area contributed by atoms with Crippen LogP contribution in [0.2, 0.25) is 0 Å². The molecule has 0 spiro atoms. The van der Waals surface area contributed by atoms with E-state index in [1.54, 1.807) is 0 Å². The monoisotopic (exact) mass is 309 g/mol.